The summed E-state index contributed by atoms with van der Waals surface area (Å²) >= 11 is 0. The van der Waals surface area contributed by atoms with Crippen LogP contribution in [0.15, 0.2) is 24.5 Å². The summed E-state index contributed by atoms with van der Waals surface area (Å²) in [6.07, 6.45) is 6.36. The van der Waals surface area contributed by atoms with Gasteiger partial charge in [-0.2, -0.15) is 0 Å². The number of rotatable bonds is 11. The van der Waals surface area contributed by atoms with Gasteiger partial charge in [-0.15, -0.1) is 0 Å². The number of nitrogens with zero attached hydrogens (tertiary/aromatic N) is 1. The molecule has 0 N–H and O–H groups in total. The first kappa shape index (κ1) is 16.1. The Morgan fingerprint density at radius 2 is 1.74 bits per heavy atom. The van der Waals surface area contributed by atoms with Crippen molar-refractivity contribution < 1.29 is 14.2 Å². The standard InChI is InChI=1S/C15H25NO3/c1-3-18-15(19-4-2)9-13-17-12-5-6-14-7-10-16-11-8-14/h7-8,10-11,15H,3-6,9,12-13H2,1-2H3. The van der Waals surface area contributed by atoms with Crippen molar-refractivity contribution in [3.63, 3.8) is 0 Å². The second kappa shape index (κ2) is 10.9. The van der Waals surface area contributed by atoms with Gasteiger partial charge >= 0.3 is 0 Å². The topological polar surface area (TPSA) is 40.6 Å². The normalized spacial score (nSPS) is 11.1. The molecule has 0 bridgehead atoms. The highest BCUT2D eigenvalue weighted by molar-refractivity contribution is 5.09. The van der Waals surface area contributed by atoms with Crippen molar-refractivity contribution in [2.75, 3.05) is 26.4 Å². The first-order valence-corrected chi connectivity index (χ1v) is 7.06. The van der Waals surface area contributed by atoms with Gasteiger partial charge in [0.2, 0.25) is 0 Å². The molecule has 0 unspecified atom stereocenters. The quantitative estimate of drug-likeness (QED) is 0.456. The number of aryl methyl sites for hydroxylation is 1. The van der Waals surface area contributed by atoms with Crippen molar-refractivity contribution in [3.8, 4) is 0 Å². The van der Waals surface area contributed by atoms with E-state index in [1.165, 1.54) is 5.56 Å². The molecule has 0 atom stereocenters. The minimum Gasteiger partial charge on any atom is -0.381 e. The maximum absolute atomic E-state index is 5.60. The van der Waals surface area contributed by atoms with Gasteiger partial charge in [-0.3, -0.25) is 4.98 Å². The van der Waals surface area contributed by atoms with Crippen molar-refractivity contribution >= 4 is 0 Å². The third kappa shape index (κ3) is 7.93. The summed E-state index contributed by atoms with van der Waals surface area (Å²) in [6, 6.07) is 4.08. The smallest absolute Gasteiger partial charge is 0.159 e. The average molecular weight is 267 g/mol. The highest BCUT2D eigenvalue weighted by Crippen LogP contribution is 2.03. The maximum atomic E-state index is 5.60. The van der Waals surface area contributed by atoms with Crippen molar-refractivity contribution in [1.29, 1.82) is 0 Å². The monoisotopic (exact) mass is 267 g/mol. The Balaban J connectivity index is 2.01. The fraction of sp³-hybridized carbons (Fsp3) is 0.667. The minimum absolute atomic E-state index is 0.129. The Bertz CT molecular complexity index is 300. The summed E-state index contributed by atoms with van der Waals surface area (Å²) in [4.78, 5) is 4.00. The molecule has 1 aromatic heterocycles. The molecular weight excluding hydrogens is 242 g/mol. The summed E-state index contributed by atoms with van der Waals surface area (Å²) in [5.74, 6) is 0. The number of ether oxygens (including phenoxy) is 3. The third-order valence-electron chi connectivity index (χ3n) is 2.71. The van der Waals surface area contributed by atoms with Gasteiger partial charge in [0.1, 0.15) is 0 Å². The van der Waals surface area contributed by atoms with E-state index in [0.29, 0.717) is 19.8 Å². The highest BCUT2D eigenvalue weighted by Gasteiger charge is 2.06. The number of hydrogen-bond acceptors (Lipinski definition) is 4. The van der Waals surface area contributed by atoms with Crippen LogP contribution in [-0.2, 0) is 20.6 Å². The van der Waals surface area contributed by atoms with E-state index < -0.39 is 0 Å². The van der Waals surface area contributed by atoms with Gasteiger partial charge in [0.15, 0.2) is 6.29 Å². The van der Waals surface area contributed by atoms with Crippen molar-refractivity contribution in [1.82, 2.24) is 4.98 Å². The lowest BCUT2D eigenvalue weighted by Gasteiger charge is -2.16. The molecule has 0 fully saturated rings. The zero-order valence-corrected chi connectivity index (χ0v) is 12.0. The van der Waals surface area contributed by atoms with Crippen LogP contribution < -0.4 is 0 Å². The molecule has 0 aliphatic carbocycles. The predicted octanol–water partition coefficient (Wildman–Crippen LogP) is 2.82. The minimum atomic E-state index is -0.129. The Hall–Kier alpha value is -0.970. The fourth-order valence-electron chi connectivity index (χ4n) is 1.80. The van der Waals surface area contributed by atoms with Crippen LogP contribution in [0.5, 0.6) is 0 Å². The van der Waals surface area contributed by atoms with Crippen molar-refractivity contribution in [3.05, 3.63) is 30.1 Å². The summed E-state index contributed by atoms with van der Waals surface area (Å²) in [7, 11) is 0. The van der Waals surface area contributed by atoms with Crippen molar-refractivity contribution in [2.24, 2.45) is 0 Å². The molecule has 0 amide bonds. The van der Waals surface area contributed by atoms with E-state index in [-0.39, 0.29) is 6.29 Å². The van der Waals surface area contributed by atoms with Gasteiger partial charge in [0.25, 0.3) is 0 Å². The van der Waals surface area contributed by atoms with E-state index in [9.17, 15) is 0 Å². The SMILES string of the molecule is CCOC(CCOCCCc1ccncc1)OCC. The lowest BCUT2D eigenvalue weighted by molar-refractivity contribution is -0.146. The molecule has 0 aliphatic rings. The number of pyridine rings is 1. The van der Waals surface area contributed by atoms with Gasteiger partial charge in [0.05, 0.1) is 6.61 Å². The van der Waals surface area contributed by atoms with E-state index in [1.807, 2.05) is 38.4 Å². The van der Waals surface area contributed by atoms with Crippen LogP contribution in [0.1, 0.15) is 32.3 Å². The summed E-state index contributed by atoms with van der Waals surface area (Å²) in [5, 5.41) is 0. The first-order chi connectivity index (χ1) is 9.36. The molecule has 1 heterocycles. The molecule has 4 heteroatoms. The van der Waals surface area contributed by atoms with Crippen LogP contribution in [0.3, 0.4) is 0 Å². The largest absolute Gasteiger partial charge is 0.381 e. The van der Waals surface area contributed by atoms with Crippen LogP contribution >= 0.6 is 0 Å². The van der Waals surface area contributed by atoms with E-state index in [0.717, 1.165) is 25.9 Å². The van der Waals surface area contributed by atoms with Gasteiger partial charge in [-0.05, 0) is 44.4 Å². The molecule has 0 aromatic carbocycles. The molecule has 0 saturated heterocycles. The molecular formula is C15H25NO3. The first-order valence-electron chi connectivity index (χ1n) is 7.06. The molecule has 1 rings (SSSR count). The summed E-state index contributed by atoms with van der Waals surface area (Å²) in [5.41, 5.74) is 1.31. The summed E-state index contributed by atoms with van der Waals surface area (Å²) in [6.45, 7) is 6.75. The van der Waals surface area contributed by atoms with Crippen molar-refractivity contribution in [2.45, 2.75) is 39.4 Å². The predicted molar refractivity (Wildman–Crippen MR) is 75.0 cm³/mol. The molecule has 0 saturated carbocycles. The van der Waals surface area contributed by atoms with Crippen LogP contribution in [0.25, 0.3) is 0 Å². The van der Waals surface area contributed by atoms with Gasteiger partial charge in [0, 0.05) is 38.6 Å². The molecule has 4 nitrogen and oxygen atoms in total. The second-order valence-electron chi connectivity index (χ2n) is 4.20. The molecule has 0 radical (unpaired) electrons. The molecule has 19 heavy (non-hydrogen) atoms. The highest BCUT2D eigenvalue weighted by atomic mass is 16.7. The Labute approximate surface area is 116 Å². The Morgan fingerprint density at radius 3 is 2.37 bits per heavy atom. The maximum Gasteiger partial charge on any atom is 0.159 e. The molecule has 0 spiro atoms. The lowest BCUT2D eigenvalue weighted by atomic mass is 10.1. The fourth-order valence-corrected chi connectivity index (χ4v) is 1.80. The molecule has 1 aromatic rings. The average Bonchev–Trinajstić information content (AvgIpc) is 2.44. The van der Waals surface area contributed by atoms with Crippen LogP contribution in [0.2, 0.25) is 0 Å². The van der Waals surface area contributed by atoms with E-state index in [1.54, 1.807) is 0 Å². The van der Waals surface area contributed by atoms with Gasteiger partial charge < -0.3 is 14.2 Å². The zero-order chi connectivity index (χ0) is 13.8. The van der Waals surface area contributed by atoms with Crippen LogP contribution in [0.4, 0.5) is 0 Å². The van der Waals surface area contributed by atoms with Gasteiger partial charge in [-0.25, -0.2) is 0 Å². The van der Waals surface area contributed by atoms with E-state index in [4.69, 9.17) is 14.2 Å². The number of hydrogen-bond donors (Lipinski definition) is 0. The second-order valence-corrected chi connectivity index (χ2v) is 4.20. The van der Waals surface area contributed by atoms with Gasteiger partial charge in [-0.1, -0.05) is 0 Å². The van der Waals surface area contributed by atoms with E-state index >= 15 is 0 Å². The van der Waals surface area contributed by atoms with Crippen LogP contribution in [0, 0.1) is 0 Å². The lowest BCUT2D eigenvalue weighted by Crippen LogP contribution is -2.19. The summed E-state index contributed by atoms with van der Waals surface area (Å²) < 4.78 is 16.5. The Morgan fingerprint density at radius 1 is 1.05 bits per heavy atom. The number of aromatic nitrogens is 1. The zero-order valence-electron chi connectivity index (χ0n) is 12.0. The molecule has 108 valence electrons. The Kier molecular flexibility index (Phi) is 9.23. The van der Waals surface area contributed by atoms with E-state index in [2.05, 4.69) is 4.98 Å². The molecule has 0 aliphatic heterocycles. The van der Waals surface area contributed by atoms with Crippen LogP contribution in [-0.4, -0.2) is 37.7 Å². The third-order valence-corrected chi connectivity index (χ3v) is 2.71.